The van der Waals surface area contributed by atoms with Crippen molar-refractivity contribution in [1.82, 2.24) is 15.1 Å². The van der Waals surface area contributed by atoms with Crippen molar-refractivity contribution in [2.24, 2.45) is 5.92 Å². The van der Waals surface area contributed by atoms with Crippen molar-refractivity contribution in [2.75, 3.05) is 45.4 Å². The highest BCUT2D eigenvalue weighted by molar-refractivity contribution is 8.77. The van der Waals surface area contributed by atoms with E-state index in [1.54, 1.807) is 14.2 Å². The Bertz CT molecular complexity index is 1410. The maximum Gasteiger partial charge on any atom is 0.327 e. The Morgan fingerprint density at radius 2 is 1.85 bits per heavy atom. The van der Waals surface area contributed by atoms with Crippen molar-refractivity contribution in [3.05, 3.63) is 23.8 Å². The van der Waals surface area contributed by atoms with E-state index in [4.69, 9.17) is 18.9 Å². The van der Waals surface area contributed by atoms with Crippen molar-refractivity contribution in [1.29, 1.82) is 0 Å². The van der Waals surface area contributed by atoms with Crippen LogP contribution in [0.3, 0.4) is 0 Å². The van der Waals surface area contributed by atoms with Gasteiger partial charge in [0.25, 0.3) is 0 Å². The number of benzene rings is 1. The molecular weight excluding hydrogens is 739 g/mol. The molecular formula is C38H57N3O9S3. The minimum atomic E-state index is -1.00. The van der Waals surface area contributed by atoms with Gasteiger partial charge in [0.1, 0.15) is 18.2 Å². The third-order valence-corrected chi connectivity index (χ3v) is 15.2. The van der Waals surface area contributed by atoms with E-state index in [1.165, 1.54) is 44.7 Å². The number of carboxylic acids is 1. The summed E-state index contributed by atoms with van der Waals surface area (Å²) < 4.78 is 23.2. The summed E-state index contributed by atoms with van der Waals surface area (Å²) in [6, 6.07) is 4.70. The molecule has 2 N–H and O–H groups in total. The van der Waals surface area contributed by atoms with E-state index in [-0.39, 0.29) is 47.7 Å². The van der Waals surface area contributed by atoms with Crippen LogP contribution in [0, 0.1) is 5.92 Å². The Morgan fingerprint density at radius 3 is 2.60 bits per heavy atom. The van der Waals surface area contributed by atoms with Crippen LogP contribution >= 0.6 is 33.3 Å². The number of thioether (sulfide) groups is 1. The molecule has 4 aliphatic rings. The zero-order chi connectivity index (χ0) is 37.9. The number of likely N-dealkylation sites (tertiary alicyclic amines) is 1. The number of carboxylic acid groups (broad SMARTS) is 1. The van der Waals surface area contributed by atoms with Gasteiger partial charge >= 0.3 is 11.9 Å². The third-order valence-electron chi connectivity index (χ3n) is 11.0. The third kappa shape index (κ3) is 11.1. The number of nitrogens with one attached hydrogen (secondary N) is 1. The van der Waals surface area contributed by atoms with Crippen LogP contribution in [-0.4, -0.2) is 125 Å². The molecule has 3 aliphatic heterocycles. The van der Waals surface area contributed by atoms with Gasteiger partial charge < -0.3 is 34.3 Å². The molecule has 1 saturated carbocycles. The van der Waals surface area contributed by atoms with Crippen LogP contribution in [-0.2, 0) is 35.1 Å². The van der Waals surface area contributed by atoms with Crippen molar-refractivity contribution in [2.45, 2.75) is 125 Å². The zero-order valence-corrected chi connectivity index (χ0v) is 33.9. The number of esters is 1. The lowest BCUT2D eigenvalue weighted by atomic mass is 9.91. The van der Waals surface area contributed by atoms with Gasteiger partial charge in [-0.2, -0.15) is 0 Å². The second kappa shape index (κ2) is 20.5. The van der Waals surface area contributed by atoms with Crippen molar-refractivity contribution < 1.29 is 43.2 Å². The Balaban J connectivity index is 1.03. The Kier molecular flexibility index (Phi) is 16.2. The van der Waals surface area contributed by atoms with Gasteiger partial charge in [0.2, 0.25) is 11.8 Å². The molecule has 1 aromatic carbocycles. The van der Waals surface area contributed by atoms with Gasteiger partial charge in [-0.15, -0.1) is 11.8 Å². The monoisotopic (exact) mass is 795 g/mol. The van der Waals surface area contributed by atoms with E-state index in [1.807, 2.05) is 32.0 Å². The highest BCUT2D eigenvalue weighted by Gasteiger charge is 2.46. The van der Waals surface area contributed by atoms with Crippen LogP contribution in [0.4, 0.5) is 0 Å². The maximum absolute atomic E-state index is 13.5. The quantitative estimate of drug-likeness (QED) is 0.111. The predicted molar refractivity (Wildman–Crippen MR) is 210 cm³/mol. The van der Waals surface area contributed by atoms with E-state index in [2.05, 4.69) is 10.2 Å². The second-order valence-corrected chi connectivity index (χ2v) is 18.3. The van der Waals surface area contributed by atoms with Crippen LogP contribution < -0.4 is 14.8 Å². The standard InChI is InChI=1S/C38H57N3O9S3/c1-5-24(2)35(36(43)39-27-9-8-12-33-41(37(27)44)29(23-51-33)38(45)46)53-52-20-17-34(42)50-26-15-18-40(22-26)28-10-6-7-11-30(28)49-19-16-25-13-14-31(47-3)32(21-25)48-4/h13-14,21,24,26-30,33,35H,5-12,15-20,22-23H2,1-4H3,(H,39,43)(H,45,46)/t24-,26+,27-,28+,29-,30+,33+,35-/m0/s1. The smallest absolute Gasteiger partial charge is 0.327 e. The minimum absolute atomic E-state index is 0.0465. The van der Waals surface area contributed by atoms with Gasteiger partial charge in [0.15, 0.2) is 11.5 Å². The summed E-state index contributed by atoms with van der Waals surface area (Å²) in [7, 11) is 6.19. The molecule has 1 aromatic rings. The van der Waals surface area contributed by atoms with Crippen molar-refractivity contribution >= 4 is 57.1 Å². The molecule has 0 aromatic heterocycles. The fourth-order valence-corrected chi connectivity index (χ4v) is 12.1. The van der Waals surface area contributed by atoms with Gasteiger partial charge in [-0.25, -0.2) is 4.79 Å². The number of aliphatic carboxylic acids is 1. The molecule has 296 valence electrons. The Hall–Kier alpha value is -2.33. The van der Waals surface area contributed by atoms with Gasteiger partial charge in [-0.1, -0.05) is 60.8 Å². The molecule has 0 unspecified atom stereocenters. The molecule has 0 radical (unpaired) electrons. The first-order valence-corrected chi connectivity index (χ1v) is 22.6. The molecule has 2 amide bonds. The minimum Gasteiger partial charge on any atom is -0.493 e. The molecule has 8 atom stereocenters. The fraction of sp³-hybridized carbons (Fsp3) is 0.737. The number of hydrogen-bond donors (Lipinski definition) is 2. The van der Waals surface area contributed by atoms with E-state index < -0.39 is 23.3 Å². The van der Waals surface area contributed by atoms with Gasteiger partial charge in [-0.3, -0.25) is 19.3 Å². The maximum atomic E-state index is 13.5. The fourth-order valence-electron chi connectivity index (χ4n) is 7.77. The molecule has 12 nitrogen and oxygen atoms in total. The number of amides is 2. The topological polar surface area (TPSA) is 144 Å². The van der Waals surface area contributed by atoms with E-state index in [0.717, 1.165) is 69.2 Å². The number of hydrogen-bond acceptors (Lipinski definition) is 12. The molecule has 0 bridgehead atoms. The van der Waals surface area contributed by atoms with Crippen LogP contribution in [0.2, 0.25) is 0 Å². The van der Waals surface area contributed by atoms with Crippen LogP contribution in [0.5, 0.6) is 11.5 Å². The number of ether oxygens (including phenoxy) is 4. The first-order chi connectivity index (χ1) is 25.6. The molecule has 4 fully saturated rings. The number of nitrogens with zero attached hydrogens (tertiary/aromatic N) is 2. The summed E-state index contributed by atoms with van der Waals surface area (Å²) in [4.78, 5) is 55.6. The molecule has 3 heterocycles. The average molecular weight is 796 g/mol. The summed E-state index contributed by atoms with van der Waals surface area (Å²) in [6.07, 6.45) is 9.03. The SMILES string of the molecule is CC[C@H](C)[C@H](SSCCC(=O)O[C@@H]1CCN([C@@H]2CCCC[C@H]2OCCc2ccc(OC)c(OC)c2)C1)C(=O)N[C@H]1CCC[C@H]2SC[C@@H](C(=O)O)N2C1=O. The predicted octanol–water partition coefficient (Wildman–Crippen LogP) is 5.40. The summed E-state index contributed by atoms with van der Waals surface area (Å²) in [5, 5.41) is 12.1. The number of carbonyl (C=O) groups excluding carboxylic acids is 3. The highest BCUT2D eigenvalue weighted by Crippen LogP contribution is 2.37. The van der Waals surface area contributed by atoms with E-state index in [9.17, 15) is 24.3 Å². The van der Waals surface area contributed by atoms with E-state index in [0.29, 0.717) is 42.9 Å². The first-order valence-electron chi connectivity index (χ1n) is 19.1. The number of rotatable bonds is 18. The summed E-state index contributed by atoms with van der Waals surface area (Å²) in [5.74, 6) is 0.611. The van der Waals surface area contributed by atoms with E-state index >= 15 is 0 Å². The number of methoxy groups -OCH3 is 2. The molecule has 0 spiro atoms. The average Bonchev–Trinajstić information content (AvgIpc) is 3.78. The Labute approximate surface area is 326 Å². The number of fused-ring (bicyclic) bond motifs is 1. The normalized spacial score (nSPS) is 27.4. The summed E-state index contributed by atoms with van der Waals surface area (Å²) in [6.45, 7) is 6.27. The molecule has 53 heavy (non-hydrogen) atoms. The van der Waals surface area contributed by atoms with Crippen LogP contribution in [0.15, 0.2) is 18.2 Å². The second-order valence-electron chi connectivity index (χ2n) is 14.4. The molecule has 5 rings (SSSR count). The molecule has 1 aliphatic carbocycles. The van der Waals surface area contributed by atoms with Crippen molar-refractivity contribution in [3.63, 3.8) is 0 Å². The lowest BCUT2D eigenvalue weighted by Crippen LogP contribution is -2.54. The van der Waals surface area contributed by atoms with Gasteiger partial charge in [0.05, 0.1) is 44.0 Å². The van der Waals surface area contributed by atoms with Gasteiger partial charge in [0, 0.05) is 30.6 Å². The summed E-state index contributed by atoms with van der Waals surface area (Å²) >= 11 is 1.50. The zero-order valence-electron chi connectivity index (χ0n) is 31.5. The first kappa shape index (κ1) is 41.8. The largest absolute Gasteiger partial charge is 0.493 e. The highest BCUT2D eigenvalue weighted by atomic mass is 33.1. The lowest BCUT2D eigenvalue weighted by Gasteiger charge is -2.37. The lowest BCUT2D eigenvalue weighted by molar-refractivity contribution is -0.150. The molecule has 15 heteroatoms. The van der Waals surface area contributed by atoms with Crippen LogP contribution in [0.1, 0.15) is 83.6 Å². The Morgan fingerprint density at radius 1 is 1.06 bits per heavy atom. The van der Waals surface area contributed by atoms with Crippen molar-refractivity contribution in [3.8, 4) is 11.5 Å². The van der Waals surface area contributed by atoms with Gasteiger partial charge in [-0.05, 0) is 68.6 Å². The summed E-state index contributed by atoms with van der Waals surface area (Å²) in [5.41, 5.74) is 1.14. The number of carbonyl (C=O) groups is 4. The molecule has 3 saturated heterocycles. The van der Waals surface area contributed by atoms with Crippen LogP contribution in [0.25, 0.3) is 0 Å².